The maximum atomic E-state index is 12.0. The smallest absolute Gasteiger partial charge is 0.413 e. The van der Waals surface area contributed by atoms with E-state index in [2.05, 4.69) is 15.0 Å². The maximum Gasteiger partial charge on any atom is 0.413 e. The lowest BCUT2D eigenvalue weighted by Crippen LogP contribution is -2.36. The predicted molar refractivity (Wildman–Crippen MR) is 72.3 cm³/mol. The van der Waals surface area contributed by atoms with E-state index in [1.807, 2.05) is 4.90 Å². The van der Waals surface area contributed by atoms with Crippen LogP contribution in [0.5, 0.6) is 0 Å². The molecule has 1 aromatic heterocycles. The van der Waals surface area contributed by atoms with Crippen LogP contribution < -0.4 is 5.32 Å². The molecule has 7 heteroatoms. The minimum Gasteiger partial charge on any atom is -0.453 e. The van der Waals surface area contributed by atoms with E-state index in [9.17, 15) is 9.59 Å². The fourth-order valence-corrected chi connectivity index (χ4v) is 2.69. The number of nitrogens with one attached hydrogen (secondary N) is 1. The number of aromatic nitrogens is 1. The largest absolute Gasteiger partial charge is 0.453 e. The fraction of sp³-hybridized carbons (Fsp3) is 0.583. The molecule has 104 valence electrons. The molecule has 1 aliphatic heterocycles. The van der Waals surface area contributed by atoms with Crippen molar-refractivity contribution in [1.82, 2.24) is 9.88 Å². The Hall–Kier alpha value is -1.63. The molecule has 19 heavy (non-hydrogen) atoms. The van der Waals surface area contributed by atoms with Gasteiger partial charge >= 0.3 is 6.09 Å². The van der Waals surface area contributed by atoms with Gasteiger partial charge in [0.1, 0.15) is 0 Å². The van der Waals surface area contributed by atoms with Gasteiger partial charge in [-0.15, -0.1) is 11.3 Å². The van der Waals surface area contributed by atoms with Gasteiger partial charge in [0.05, 0.1) is 19.2 Å². The third kappa shape index (κ3) is 3.92. The molecule has 0 atom stereocenters. The van der Waals surface area contributed by atoms with E-state index in [1.54, 1.807) is 5.38 Å². The van der Waals surface area contributed by atoms with Crippen molar-refractivity contribution in [3.63, 3.8) is 0 Å². The molecule has 6 nitrogen and oxygen atoms in total. The molecular formula is C12H17N3O3S. The zero-order chi connectivity index (χ0) is 13.7. The number of nitrogens with zero attached hydrogens (tertiary/aromatic N) is 2. The Morgan fingerprint density at radius 2 is 2.16 bits per heavy atom. The van der Waals surface area contributed by atoms with Crippen molar-refractivity contribution in [2.75, 3.05) is 25.5 Å². The van der Waals surface area contributed by atoms with Crippen molar-refractivity contribution in [2.45, 2.75) is 25.7 Å². The Morgan fingerprint density at radius 1 is 1.42 bits per heavy atom. The Bertz CT molecular complexity index is 455. The molecule has 0 spiro atoms. The first-order chi connectivity index (χ1) is 9.19. The van der Waals surface area contributed by atoms with Crippen molar-refractivity contribution < 1.29 is 14.3 Å². The summed E-state index contributed by atoms with van der Waals surface area (Å²) in [5.41, 5.74) is 0.687. The normalized spacial score (nSPS) is 15.1. The lowest BCUT2D eigenvalue weighted by molar-refractivity contribution is -0.131. The van der Waals surface area contributed by atoms with Crippen LogP contribution in [0.2, 0.25) is 0 Å². The van der Waals surface area contributed by atoms with Crippen molar-refractivity contribution >= 4 is 28.5 Å². The molecule has 1 N–H and O–H groups in total. The molecule has 0 aromatic carbocycles. The molecule has 1 aromatic rings. The summed E-state index contributed by atoms with van der Waals surface area (Å²) in [6, 6.07) is 0. The predicted octanol–water partition coefficient (Wildman–Crippen LogP) is 1.88. The van der Waals surface area contributed by atoms with Gasteiger partial charge < -0.3 is 9.64 Å². The average molecular weight is 283 g/mol. The highest BCUT2D eigenvalue weighted by Crippen LogP contribution is 2.17. The first kappa shape index (κ1) is 13.8. The number of amides is 2. The summed E-state index contributed by atoms with van der Waals surface area (Å²) >= 11 is 1.29. The quantitative estimate of drug-likeness (QED) is 0.919. The maximum absolute atomic E-state index is 12.0. The summed E-state index contributed by atoms with van der Waals surface area (Å²) in [5.74, 6) is 0.106. The third-order valence-electron chi connectivity index (χ3n) is 2.99. The molecule has 1 saturated heterocycles. The van der Waals surface area contributed by atoms with Crippen molar-refractivity contribution in [2.24, 2.45) is 0 Å². The van der Waals surface area contributed by atoms with E-state index in [-0.39, 0.29) is 5.91 Å². The summed E-state index contributed by atoms with van der Waals surface area (Å²) in [6.07, 6.45) is 3.10. The van der Waals surface area contributed by atoms with Crippen LogP contribution in [0, 0.1) is 0 Å². The number of piperidine rings is 1. The van der Waals surface area contributed by atoms with Gasteiger partial charge in [0.15, 0.2) is 5.13 Å². The van der Waals surface area contributed by atoms with Crippen LogP contribution in [0.1, 0.15) is 25.0 Å². The Morgan fingerprint density at radius 3 is 2.84 bits per heavy atom. The molecule has 2 rings (SSSR count). The van der Waals surface area contributed by atoms with Crippen LogP contribution >= 0.6 is 11.3 Å². The Labute approximate surface area is 115 Å². The van der Waals surface area contributed by atoms with Gasteiger partial charge in [-0.3, -0.25) is 10.1 Å². The minimum absolute atomic E-state index is 0.106. The molecule has 2 heterocycles. The number of thiazole rings is 1. The van der Waals surface area contributed by atoms with Gasteiger partial charge in [-0.25, -0.2) is 9.78 Å². The zero-order valence-corrected chi connectivity index (χ0v) is 11.7. The molecular weight excluding hydrogens is 266 g/mol. The summed E-state index contributed by atoms with van der Waals surface area (Å²) in [6.45, 7) is 1.69. The van der Waals surface area contributed by atoms with Crippen LogP contribution in [0.3, 0.4) is 0 Å². The van der Waals surface area contributed by atoms with E-state index >= 15 is 0 Å². The van der Waals surface area contributed by atoms with Crippen molar-refractivity contribution in [3.8, 4) is 0 Å². The first-order valence-corrected chi connectivity index (χ1v) is 7.14. The lowest BCUT2D eigenvalue weighted by Gasteiger charge is -2.26. The van der Waals surface area contributed by atoms with Gasteiger partial charge in [0.25, 0.3) is 0 Å². The van der Waals surface area contributed by atoms with Gasteiger partial charge in [0, 0.05) is 18.5 Å². The summed E-state index contributed by atoms with van der Waals surface area (Å²) < 4.78 is 4.48. The number of methoxy groups -OCH3 is 1. The highest BCUT2D eigenvalue weighted by molar-refractivity contribution is 7.13. The molecule has 1 aliphatic rings. The second-order valence-electron chi connectivity index (χ2n) is 4.38. The lowest BCUT2D eigenvalue weighted by atomic mass is 10.1. The standard InChI is InChI=1S/C12H17N3O3S/c1-18-12(17)14-11-13-9(8-19-11)7-10(16)15-5-3-2-4-6-15/h8H,2-7H2,1H3,(H,13,14,17). The minimum atomic E-state index is -0.553. The van der Waals surface area contributed by atoms with Crippen LogP contribution in [0.25, 0.3) is 0 Å². The molecule has 0 bridgehead atoms. The number of anilines is 1. The number of carbonyl (C=O) groups excluding carboxylic acids is 2. The molecule has 0 saturated carbocycles. The summed E-state index contributed by atoms with van der Waals surface area (Å²) in [4.78, 5) is 29.1. The molecule has 1 fully saturated rings. The van der Waals surface area contributed by atoms with Gasteiger partial charge in [-0.2, -0.15) is 0 Å². The molecule has 0 unspecified atom stereocenters. The monoisotopic (exact) mass is 283 g/mol. The van der Waals surface area contributed by atoms with Crippen LogP contribution in [-0.2, 0) is 16.0 Å². The Kier molecular flexibility index (Phi) is 4.73. The second-order valence-corrected chi connectivity index (χ2v) is 5.24. The number of hydrogen-bond acceptors (Lipinski definition) is 5. The van der Waals surface area contributed by atoms with Crippen LogP contribution in [0.4, 0.5) is 9.93 Å². The van der Waals surface area contributed by atoms with E-state index in [4.69, 9.17) is 0 Å². The van der Waals surface area contributed by atoms with E-state index in [1.165, 1.54) is 24.9 Å². The van der Waals surface area contributed by atoms with Gasteiger partial charge in [-0.1, -0.05) is 0 Å². The summed E-state index contributed by atoms with van der Waals surface area (Å²) in [5, 5.41) is 4.72. The Balaban J connectivity index is 1.88. The zero-order valence-electron chi connectivity index (χ0n) is 10.8. The number of carbonyl (C=O) groups is 2. The highest BCUT2D eigenvalue weighted by Gasteiger charge is 2.18. The van der Waals surface area contributed by atoms with Crippen molar-refractivity contribution in [3.05, 3.63) is 11.1 Å². The first-order valence-electron chi connectivity index (χ1n) is 6.26. The molecule has 0 aliphatic carbocycles. The SMILES string of the molecule is COC(=O)Nc1nc(CC(=O)N2CCCCC2)cs1. The number of rotatable bonds is 3. The van der Waals surface area contributed by atoms with Crippen LogP contribution in [-0.4, -0.2) is 42.1 Å². The van der Waals surface area contributed by atoms with E-state index in [0.717, 1.165) is 25.9 Å². The van der Waals surface area contributed by atoms with Gasteiger partial charge in [0.2, 0.25) is 5.91 Å². The van der Waals surface area contributed by atoms with Gasteiger partial charge in [-0.05, 0) is 19.3 Å². The number of ether oxygens (including phenoxy) is 1. The van der Waals surface area contributed by atoms with E-state index in [0.29, 0.717) is 17.2 Å². The number of hydrogen-bond donors (Lipinski definition) is 1. The highest BCUT2D eigenvalue weighted by atomic mass is 32.1. The third-order valence-corrected chi connectivity index (χ3v) is 3.79. The second kappa shape index (κ2) is 6.51. The molecule has 0 radical (unpaired) electrons. The topological polar surface area (TPSA) is 71.5 Å². The van der Waals surface area contributed by atoms with Crippen molar-refractivity contribution in [1.29, 1.82) is 0 Å². The average Bonchev–Trinajstić information content (AvgIpc) is 2.86. The van der Waals surface area contributed by atoms with Crippen LogP contribution in [0.15, 0.2) is 5.38 Å². The molecule has 2 amide bonds. The number of likely N-dealkylation sites (tertiary alicyclic amines) is 1. The summed E-state index contributed by atoms with van der Waals surface area (Å²) in [7, 11) is 1.30. The van der Waals surface area contributed by atoms with E-state index < -0.39 is 6.09 Å². The fourth-order valence-electron chi connectivity index (χ4n) is 1.99.